The van der Waals surface area contributed by atoms with Crippen LogP contribution in [-0.4, -0.2) is 43.7 Å². The van der Waals surface area contributed by atoms with Gasteiger partial charge in [-0.1, -0.05) is 30.3 Å². The van der Waals surface area contributed by atoms with Gasteiger partial charge in [0, 0.05) is 38.7 Å². The van der Waals surface area contributed by atoms with Gasteiger partial charge in [0.05, 0.1) is 6.61 Å². The standard InChI is InChI=1S/C18H26N2O2/c21-18-9-4-10-20(18)13-17(16-7-2-1-3-8-16)19-12-15-6-5-11-22-14-15/h1-3,7-8,15,17,19H,4-6,9-14H2/t15-,17+/m0/s1. The molecule has 0 unspecified atom stereocenters. The van der Waals surface area contributed by atoms with E-state index < -0.39 is 0 Å². The number of rotatable bonds is 6. The Morgan fingerprint density at radius 1 is 1.27 bits per heavy atom. The smallest absolute Gasteiger partial charge is 0.222 e. The summed E-state index contributed by atoms with van der Waals surface area (Å²) in [6, 6.07) is 10.7. The first-order valence-electron chi connectivity index (χ1n) is 8.47. The topological polar surface area (TPSA) is 41.6 Å². The van der Waals surface area contributed by atoms with Gasteiger partial charge in [0.2, 0.25) is 5.91 Å². The number of likely N-dealkylation sites (tertiary alicyclic amines) is 1. The van der Waals surface area contributed by atoms with E-state index in [0.717, 1.165) is 45.7 Å². The van der Waals surface area contributed by atoms with Crippen molar-refractivity contribution < 1.29 is 9.53 Å². The molecule has 2 aliphatic heterocycles. The molecule has 0 aliphatic carbocycles. The molecule has 0 aromatic heterocycles. The van der Waals surface area contributed by atoms with Crippen LogP contribution in [0.1, 0.15) is 37.3 Å². The van der Waals surface area contributed by atoms with E-state index in [9.17, 15) is 4.79 Å². The first-order valence-corrected chi connectivity index (χ1v) is 8.47. The molecule has 0 radical (unpaired) electrons. The van der Waals surface area contributed by atoms with Crippen molar-refractivity contribution in [1.82, 2.24) is 10.2 Å². The van der Waals surface area contributed by atoms with Crippen molar-refractivity contribution in [3.63, 3.8) is 0 Å². The molecule has 22 heavy (non-hydrogen) atoms. The second-order valence-electron chi connectivity index (χ2n) is 6.40. The quantitative estimate of drug-likeness (QED) is 0.877. The molecule has 0 saturated carbocycles. The van der Waals surface area contributed by atoms with Gasteiger partial charge in [0.15, 0.2) is 0 Å². The molecule has 2 atom stereocenters. The molecule has 2 heterocycles. The highest BCUT2D eigenvalue weighted by atomic mass is 16.5. The number of carbonyl (C=O) groups is 1. The molecule has 2 fully saturated rings. The van der Waals surface area contributed by atoms with Gasteiger partial charge >= 0.3 is 0 Å². The van der Waals surface area contributed by atoms with Crippen molar-refractivity contribution in [2.24, 2.45) is 5.92 Å². The average molecular weight is 302 g/mol. The third kappa shape index (κ3) is 4.08. The lowest BCUT2D eigenvalue weighted by Gasteiger charge is -2.28. The third-order valence-corrected chi connectivity index (χ3v) is 4.68. The lowest BCUT2D eigenvalue weighted by Crippen LogP contribution is -2.39. The second-order valence-corrected chi connectivity index (χ2v) is 6.40. The van der Waals surface area contributed by atoms with Crippen molar-refractivity contribution in [2.45, 2.75) is 31.7 Å². The fourth-order valence-corrected chi connectivity index (χ4v) is 3.37. The number of benzene rings is 1. The van der Waals surface area contributed by atoms with Gasteiger partial charge in [-0.15, -0.1) is 0 Å². The predicted octanol–water partition coefficient (Wildman–Crippen LogP) is 2.37. The highest BCUT2D eigenvalue weighted by Crippen LogP contribution is 2.20. The van der Waals surface area contributed by atoms with Gasteiger partial charge in [-0.05, 0) is 30.7 Å². The predicted molar refractivity (Wildman–Crippen MR) is 86.5 cm³/mol. The molecule has 3 rings (SSSR count). The molecule has 2 aliphatic rings. The number of nitrogens with one attached hydrogen (secondary N) is 1. The highest BCUT2D eigenvalue weighted by Gasteiger charge is 2.25. The fourth-order valence-electron chi connectivity index (χ4n) is 3.37. The Labute approximate surface area is 132 Å². The summed E-state index contributed by atoms with van der Waals surface area (Å²) in [6.07, 6.45) is 4.10. The summed E-state index contributed by atoms with van der Waals surface area (Å²) < 4.78 is 5.57. The van der Waals surface area contributed by atoms with Crippen LogP contribution in [-0.2, 0) is 9.53 Å². The molecular weight excluding hydrogens is 276 g/mol. The monoisotopic (exact) mass is 302 g/mol. The van der Waals surface area contributed by atoms with Crippen molar-refractivity contribution >= 4 is 5.91 Å². The number of nitrogens with zero attached hydrogens (tertiary/aromatic N) is 1. The Balaban J connectivity index is 1.61. The van der Waals surface area contributed by atoms with Crippen LogP contribution in [0.15, 0.2) is 30.3 Å². The SMILES string of the molecule is O=C1CCCN1C[C@@H](NC[C@@H]1CCCOC1)c1ccccc1. The van der Waals surface area contributed by atoms with E-state index in [1.165, 1.54) is 12.0 Å². The number of hydrogen-bond acceptors (Lipinski definition) is 3. The Morgan fingerprint density at radius 2 is 2.14 bits per heavy atom. The summed E-state index contributed by atoms with van der Waals surface area (Å²) in [5.41, 5.74) is 1.26. The molecule has 4 heteroatoms. The number of hydrogen-bond donors (Lipinski definition) is 1. The first-order chi connectivity index (χ1) is 10.8. The molecule has 0 spiro atoms. The van der Waals surface area contributed by atoms with E-state index >= 15 is 0 Å². The zero-order valence-corrected chi connectivity index (χ0v) is 13.2. The average Bonchev–Trinajstić information content (AvgIpc) is 2.98. The van der Waals surface area contributed by atoms with E-state index in [1.807, 2.05) is 11.0 Å². The number of carbonyl (C=O) groups excluding carboxylic acids is 1. The van der Waals surface area contributed by atoms with Gasteiger partial charge in [-0.25, -0.2) is 0 Å². The first kappa shape index (κ1) is 15.5. The lowest BCUT2D eigenvalue weighted by molar-refractivity contribution is -0.128. The molecular formula is C18H26N2O2. The lowest BCUT2D eigenvalue weighted by atomic mass is 10.0. The van der Waals surface area contributed by atoms with Gasteiger partial charge in [0.25, 0.3) is 0 Å². The van der Waals surface area contributed by atoms with E-state index in [0.29, 0.717) is 18.2 Å². The van der Waals surface area contributed by atoms with Crippen LogP contribution in [0.2, 0.25) is 0 Å². The van der Waals surface area contributed by atoms with Crippen LogP contribution in [0.5, 0.6) is 0 Å². The minimum atomic E-state index is 0.213. The van der Waals surface area contributed by atoms with Crippen LogP contribution in [0.3, 0.4) is 0 Å². The molecule has 1 aromatic rings. The maximum Gasteiger partial charge on any atom is 0.222 e. The van der Waals surface area contributed by atoms with Crippen LogP contribution in [0.25, 0.3) is 0 Å². The Hall–Kier alpha value is -1.39. The van der Waals surface area contributed by atoms with Crippen molar-refractivity contribution in [1.29, 1.82) is 0 Å². The molecule has 2 saturated heterocycles. The number of amides is 1. The molecule has 120 valence electrons. The van der Waals surface area contributed by atoms with Crippen LogP contribution >= 0.6 is 0 Å². The van der Waals surface area contributed by atoms with Crippen LogP contribution < -0.4 is 5.32 Å². The van der Waals surface area contributed by atoms with Crippen molar-refractivity contribution in [3.05, 3.63) is 35.9 Å². The maximum absolute atomic E-state index is 11.9. The third-order valence-electron chi connectivity index (χ3n) is 4.68. The van der Waals surface area contributed by atoms with Gasteiger partial charge in [-0.2, -0.15) is 0 Å². The molecule has 1 amide bonds. The fraction of sp³-hybridized carbons (Fsp3) is 0.611. The summed E-state index contributed by atoms with van der Waals surface area (Å²) in [5.74, 6) is 0.887. The second kappa shape index (κ2) is 7.75. The minimum Gasteiger partial charge on any atom is -0.381 e. The van der Waals surface area contributed by atoms with E-state index in [4.69, 9.17) is 4.74 Å². The molecule has 1 aromatic carbocycles. The van der Waals surface area contributed by atoms with Crippen molar-refractivity contribution in [3.8, 4) is 0 Å². The van der Waals surface area contributed by atoms with E-state index in [1.54, 1.807) is 0 Å². The Kier molecular flexibility index (Phi) is 5.46. The Bertz CT molecular complexity index is 471. The van der Waals surface area contributed by atoms with Crippen molar-refractivity contribution in [2.75, 3.05) is 32.8 Å². The number of ether oxygens (including phenoxy) is 1. The summed E-state index contributed by atoms with van der Waals surface area (Å²) >= 11 is 0. The normalized spacial score (nSPS) is 23.7. The van der Waals surface area contributed by atoms with E-state index in [-0.39, 0.29) is 6.04 Å². The minimum absolute atomic E-state index is 0.213. The van der Waals surface area contributed by atoms with Crippen LogP contribution in [0.4, 0.5) is 0 Å². The van der Waals surface area contributed by atoms with Gasteiger partial charge in [0.1, 0.15) is 0 Å². The maximum atomic E-state index is 11.9. The van der Waals surface area contributed by atoms with E-state index in [2.05, 4.69) is 29.6 Å². The Morgan fingerprint density at radius 3 is 2.82 bits per heavy atom. The largest absolute Gasteiger partial charge is 0.381 e. The summed E-state index contributed by atoms with van der Waals surface area (Å²) in [4.78, 5) is 13.9. The zero-order chi connectivity index (χ0) is 15.2. The molecule has 0 bridgehead atoms. The summed E-state index contributed by atoms with van der Waals surface area (Å²) in [7, 11) is 0. The van der Waals surface area contributed by atoms with Gasteiger partial charge < -0.3 is 15.0 Å². The zero-order valence-electron chi connectivity index (χ0n) is 13.2. The van der Waals surface area contributed by atoms with Crippen LogP contribution in [0, 0.1) is 5.92 Å². The van der Waals surface area contributed by atoms with Gasteiger partial charge in [-0.3, -0.25) is 4.79 Å². The summed E-state index contributed by atoms with van der Waals surface area (Å²) in [6.45, 7) is 4.40. The molecule has 4 nitrogen and oxygen atoms in total. The highest BCUT2D eigenvalue weighted by molar-refractivity contribution is 5.78. The summed E-state index contributed by atoms with van der Waals surface area (Å²) in [5, 5.41) is 3.68. The molecule has 1 N–H and O–H groups in total.